The van der Waals surface area contributed by atoms with Crippen molar-refractivity contribution in [2.24, 2.45) is 7.05 Å². The van der Waals surface area contributed by atoms with E-state index in [1.165, 1.54) is 22.4 Å². The Hall–Kier alpha value is -1.61. The zero-order valence-corrected chi connectivity index (χ0v) is 13.2. The van der Waals surface area contributed by atoms with Gasteiger partial charge in [-0.15, -0.1) is 0 Å². The summed E-state index contributed by atoms with van der Waals surface area (Å²) in [6.07, 6.45) is 1.13. The number of hydrogen-bond acceptors (Lipinski definition) is 2. The fourth-order valence-corrected chi connectivity index (χ4v) is 2.64. The van der Waals surface area contributed by atoms with Gasteiger partial charge in [0.1, 0.15) is 0 Å². The Kier molecular flexibility index (Phi) is 4.61. The lowest BCUT2D eigenvalue weighted by atomic mass is 9.96. The summed E-state index contributed by atoms with van der Waals surface area (Å²) in [5.74, 6) is 0. The van der Waals surface area contributed by atoms with Crippen LogP contribution in [0.5, 0.6) is 0 Å². The summed E-state index contributed by atoms with van der Waals surface area (Å²) >= 11 is 0. The van der Waals surface area contributed by atoms with Gasteiger partial charge in [0.2, 0.25) is 0 Å². The SMILES string of the molecule is CCCNC(c1ccc(C)cc1)c1c(C)nn(C)c1C. The molecule has 0 saturated carbocycles. The van der Waals surface area contributed by atoms with Crippen LogP contribution in [0.15, 0.2) is 24.3 Å². The van der Waals surface area contributed by atoms with E-state index in [1.54, 1.807) is 0 Å². The topological polar surface area (TPSA) is 29.9 Å². The average Bonchev–Trinajstić information content (AvgIpc) is 2.67. The predicted molar refractivity (Wildman–Crippen MR) is 84.0 cm³/mol. The third kappa shape index (κ3) is 2.93. The third-order valence-corrected chi connectivity index (χ3v) is 3.86. The molecule has 0 aliphatic carbocycles. The summed E-state index contributed by atoms with van der Waals surface area (Å²) < 4.78 is 1.97. The molecule has 0 aliphatic heterocycles. The van der Waals surface area contributed by atoms with Gasteiger partial charge in [-0.1, -0.05) is 36.8 Å². The zero-order chi connectivity index (χ0) is 14.7. The van der Waals surface area contributed by atoms with Crippen molar-refractivity contribution < 1.29 is 0 Å². The quantitative estimate of drug-likeness (QED) is 0.903. The van der Waals surface area contributed by atoms with Crippen LogP contribution in [0.1, 0.15) is 47.5 Å². The van der Waals surface area contributed by atoms with E-state index in [-0.39, 0.29) is 6.04 Å². The minimum Gasteiger partial charge on any atom is -0.306 e. The molecule has 3 heteroatoms. The molecule has 2 aromatic rings. The standard InChI is InChI=1S/C17H25N3/c1-6-11-18-17(15-9-7-12(2)8-10-15)16-13(3)19-20(5)14(16)4/h7-10,17-18H,6,11H2,1-5H3. The van der Waals surface area contributed by atoms with Gasteiger partial charge in [0.25, 0.3) is 0 Å². The van der Waals surface area contributed by atoms with Gasteiger partial charge in [0.05, 0.1) is 11.7 Å². The van der Waals surface area contributed by atoms with E-state index >= 15 is 0 Å². The first-order chi connectivity index (χ1) is 9.54. The number of hydrogen-bond donors (Lipinski definition) is 1. The molecule has 1 N–H and O–H groups in total. The zero-order valence-electron chi connectivity index (χ0n) is 13.2. The molecule has 1 unspecified atom stereocenters. The van der Waals surface area contributed by atoms with Crippen LogP contribution in [0.4, 0.5) is 0 Å². The molecule has 20 heavy (non-hydrogen) atoms. The lowest BCUT2D eigenvalue weighted by Gasteiger charge is -2.20. The largest absolute Gasteiger partial charge is 0.306 e. The molecular formula is C17H25N3. The molecule has 0 bridgehead atoms. The van der Waals surface area contributed by atoms with Crippen molar-refractivity contribution in [1.29, 1.82) is 0 Å². The van der Waals surface area contributed by atoms with Crippen molar-refractivity contribution in [3.05, 3.63) is 52.3 Å². The lowest BCUT2D eigenvalue weighted by Crippen LogP contribution is -2.24. The summed E-state index contributed by atoms with van der Waals surface area (Å²) in [4.78, 5) is 0. The molecule has 2 rings (SSSR count). The summed E-state index contributed by atoms with van der Waals surface area (Å²) in [6.45, 7) is 9.56. The van der Waals surface area contributed by atoms with Crippen LogP contribution in [0, 0.1) is 20.8 Å². The van der Waals surface area contributed by atoms with E-state index < -0.39 is 0 Å². The molecule has 0 amide bonds. The smallest absolute Gasteiger partial charge is 0.0647 e. The Morgan fingerprint density at radius 3 is 2.30 bits per heavy atom. The highest BCUT2D eigenvalue weighted by atomic mass is 15.3. The molecule has 3 nitrogen and oxygen atoms in total. The van der Waals surface area contributed by atoms with E-state index in [0.717, 1.165) is 18.7 Å². The summed E-state index contributed by atoms with van der Waals surface area (Å²) in [5.41, 5.74) is 6.26. The number of benzene rings is 1. The molecular weight excluding hydrogens is 246 g/mol. The normalized spacial score (nSPS) is 12.7. The Bertz CT molecular complexity index is 567. The number of rotatable bonds is 5. The van der Waals surface area contributed by atoms with Gasteiger partial charge in [-0.05, 0) is 39.3 Å². The minimum absolute atomic E-state index is 0.226. The third-order valence-electron chi connectivity index (χ3n) is 3.86. The highest BCUT2D eigenvalue weighted by Crippen LogP contribution is 2.27. The van der Waals surface area contributed by atoms with Gasteiger partial charge < -0.3 is 5.32 Å². The van der Waals surface area contributed by atoms with Crippen molar-refractivity contribution in [2.75, 3.05) is 6.54 Å². The first kappa shape index (κ1) is 14.8. The van der Waals surface area contributed by atoms with E-state index in [4.69, 9.17) is 0 Å². The van der Waals surface area contributed by atoms with Crippen LogP contribution in [0.2, 0.25) is 0 Å². The molecule has 0 fully saturated rings. The Labute approximate surface area is 122 Å². The van der Waals surface area contributed by atoms with Crippen LogP contribution in [0.25, 0.3) is 0 Å². The molecule has 1 aromatic carbocycles. The minimum atomic E-state index is 0.226. The number of aryl methyl sites for hydroxylation is 3. The van der Waals surface area contributed by atoms with E-state index in [9.17, 15) is 0 Å². The highest BCUT2D eigenvalue weighted by molar-refractivity contribution is 5.38. The summed E-state index contributed by atoms with van der Waals surface area (Å²) in [6, 6.07) is 9.01. The molecule has 1 heterocycles. The number of nitrogens with zero attached hydrogens (tertiary/aromatic N) is 2. The number of aromatic nitrogens is 2. The van der Waals surface area contributed by atoms with E-state index in [0.29, 0.717) is 0 Å². The van der Waals surface area contributed by atoms with Gasteiger partial charge in [-0.3, -0.25) is 4.68 Å². The summed E-state index contributed by atoms with van der Waals surface area (Å²) in [5, 5.41) is 8.22. The van der Waals surface area contributed by atoms with Crippen LogP contribution in [0.3, 0.4) is 0 Å². The fraction of sp³-hybridized carbons (Fsp3) is 0.471. The monoisotopic (exact) mass is 271 g/mol. The first-order valence-electron chi connectivity index (χ1n) is 7.34. The van der Waals surface area contributed by atoms with Crippen molar-refractivity contribution in [3.63, 3.8) is 0 Å². The highest BCUT2D eigenvalue weighted by Gasteiger charge is 2.21. The lowest BCUT2D eigenvalue weighted by molar-refractivity contribution is 0.592. The molecule has 0 saturated heterocycles. The molecule has 0 aliphatic rings. The molecule has 0 radical (unpaired) electrons. The number of nitrogens with one attached hydrogen (secondary N) is 1. The maximum Gasteiger partial charge on any atom is 0.0647 e. The second-order valence-electron chi connectivity index (χ2n) is 5.51. The Balaban J connectivity index is 2.44. The summed E-state index contributed by atoms with van der Waals surface area (Å²) in [7, 11) is 2.01. The van der Waals surface area contributed by atoms with Gasteiger partial charge in [-0.2, -0.15) is 5.10 Å². The van der Waals surface area contributed by atoms with Crippen molar-refractivity contribution >= 4 is 0 Å². The van der Waals surface area contributed by atoms with Crippen molar-refractivity contribution in [2.45, 2.75) is 40.2 Å². The average molecular weight is 271 g/mol. The molecule has 108 valence electrons. The maximum absolute atomic E-state index is 4.56. The Morgan fingerprint density at radius 1 is 1.15 bits per heavy atom. The second-order valence-corrected chi connectivity index (χ2v) is 5.51. The molecule has 1 atom stereocenters. The second kappa shape index (κ2) is 6.23. The Morgan fingerprint density at radius 2 is 1.80 bits per heavy atom. The first-order valence-corrected chi connectivity index (χ1v) is 7.34. The fourth-order valence-electron chi connectivity index (χ4n) is 2.64. The predicted octanol–water partition coefficient (Wildman–Crippen LogP) is 3.43. The maximum atomic E-state index is 4.56. The van der Waals surface area contributed by atoms with Crippen LogP contribution in [-0.4, -0.2) is 16.3 Å². The van der Waals surface area contributed by atoms with Crippen molar-refractivity contribution in [1.82, 2.24) is 15.1 Å². The molecule has 1 aromatic heterocycles. The van der Waals surface area contributed by atoms with Gasteiger partial charge in [0, 0.05) is 18.3 Å². The van der Waals surface area contributed by atoms with Crippen LogP contribution < -0.4 is 5.32 Å². The van der Waals surface area contributed by atoms with Gasteiger partial charge in [-0.25, -0.2) is 0 Å². The van der Waals surface area contributed by atoms with E-state index in [1.807, 2.05) is 11.7 Å². The van der Waals surface area contributed by atoms with Crippen molar-refractivity contribution in [3.8, 4) is 0 Å². The van der Waals surface area contributed by atoms with Crippen LogP contribution >= 0.6 is 0 Å². The van der Waals surface area contributed by atoms with Gasteiger partial charge in [0.15, 0.2) is 0 Å². The van der Waals surface area contributed by atoms with Gasteiger partial charge >= 0.3 is 0 Å². The van der Waals surface area contributed by atoms with E-state index in [2.05, 4.69) is 62.4 Å². The molecule has 0 spiro atoms. The van der Waals surface area contributed by atoms with Crippen LogP contribution in [-0.2, 0) is 7.05 Å².